The molecule has 4 rings (SSSR count). The molecule has 2 aromatic rings. The zero-order valence-corrected chi connectivity index (χ0v) is 19.5. The number of methoxy groups -OCH3 is 1. The highest BCUT2D eigenvalue weighted by Gasteiger charge is 2.26. The molecule has 2 aliphatic rings. The minimum absolute atomic E-state index is 0.0776. The van der Waals surface area contributed by atoms with Gasteiger partial charge in [0.1, 0.15) is 0 Å². The van der Waals surface area contributed by atoms with E-state index in [1.165, 1.54) is 36.9 Å². The van der Waals surface area contributed by atoms with Gasteiger partial charge in [-0.2, -0.15) is 0 Å². The number of carbonyl (C=O) groups excluding carboxylic acids is 1. The van der Waals surface area contributed by atoms with Gasteiger partial charge >= 0.3 is 0 Å². The van der Waals surface area contributed by atoms with E-state index >= 15 is 0 Å². The summed E-state index contributed by atoms with van der Waals surface area (Å²) in [5, 5.41) is 3.01. The molecule has 1 amide bonds. The standard InChI is InChI=1S/C25H35N5O2/c1-18(32-3)17-29(2)25-27-15-22(16-28-25)24(31)26-14-19-7-8-20-9-11-30(23-5-4-6-23)12-10-21(20)13-19/h7-8,13,15-16,18,23H,4-6,9-12,14,17H2,1-3H3,(H,26,31)/t18-/m0/s1. The lowest BCUT2D eigenvalue weighted by atomic mass is 9.91. The molecule has 0 bridgehead atoms. The summed E-state index contributed by atoms with van der Waals surface area (Å²) in [6.45, 7) is 5.49. The van der Waals surface area contributed by atoms with Gasteiger partial charge in [0, 0.05) is 58.8 Å². The van der Waals surface area contributed by atoms with E-state index in [1.807, 2.05) is 18.9 Å². The second-order valence-corrected chi connectivity index (χ2v) is 9.11. The van der Waals surface area contributed by atoms with Gasteiger partial charge in [-0.25, -0.2) is 9.97 Å². The number of aromatic nitrogens is 2. The second-order valence-electron chi connectivity index (χ2n) is 9.11. The van der Waals surface area contributed by atoms with Crippen molar-refractivity contribution in [1.29, 1.82) is 0 Å². The smallest absolute Gasteiger partial charge is 0.254 e. The van der Waals surface area contributed by atoms with Crippen molar-refractivity contribution in [1.82, 2.24) is 20.2 Å². The molecule has 2 heterocycles. The lowest BCUT2D eigenvalue weighted by Gasteiger charge is -2.36. The Hall–Kier alpha value is -2.51. The fourth-order valence-electron chi connectivity index (χ4n) is 4.48. The van der Waals surface area contributed by atoms with Crippen molar-refractivity contribution in [2.24, 2.45) is 0 Å². The van der Waals surface area contributed by atoms with Crippen LogP contribution in [-0.4, -0.2) is 66.7 Å². The van der Waals surface area contributed by atoms with Crippen LogP contribution in [0.4, 0.5) is 5.95 Å². The van der Waals surface area contributed by atoms with Gasteiger partial charge in [-0.05, 0) is 49.3 Å². The molecule has 1 N–H and O–H groups in total. The van der Waals surface area contributed by atoms with E-state index in [0.717, 1.165) is 31.0 Å². The molecular weight excluding hydrogens is 402 g/mol. The molecule has 1 aromatic carbocycles. The van der Waals surface area contributed by atoms with Crippen LogP contribution in [0.25, 0.3) is 0 Å². The van der Waals surface area contributed by atoms with Crippen LogP contribution in [0.2, 0.25) is 0 Å². The topological polar surface area (TPSA) is 70.6 Å². The predicted molar refractivity (Wildman–Crippen MR) is 126 cm³/mol. The number of fused-ring (bicyclic) bond motifs is 1. The van der Waals surface area contributed by atoms with Crippen LogP contribution in [0, 0.1) is 0 Å². The molecule has 1 aromatic heterocycles. The van der Waals surface area contributed by atoms with Crippen molar-refractivity contribution in [3.8, 4) is 0 Å². The van der Waals surface area contributed by atoms with Crippen molar-refractivity contribution >= 4 is 11.9 Å². The minimum Gasteiger partial charge on any atom is -0.380 e. The number of nitrogens with zero attached hydrogens (tertiary/aromatic N) is 4. The van der Waals surface area contributed by atoms with E-state index in [9.17, 15) is 4.79 Å². The fraction of sp³-hybridized carbons (Fsp3) is 0.560. The molecule has 7 nitrogen and oxygen atoms in total. The minimum atomic E-state index is -0.157. The first-order valence-electron chi connectivity index (χ1n) is 11.7. The van der Waals surface area contributed by atoms with Crippen LogP contribution in [0.15, 0.2) is 30.6 Å². The lowest BCUT2D eigenvalue weighted by molar-refractivity contribution is 0.0950. The first-order chi connectivity index (χ1) is 15.5. The Morgan fingerprint density at radius 3 is 2.59 bits per heavy atom. The molecule has 0 unspecified atom stereocenters. The number of rotatable bonds is 8. The monoisotopic (exact) mass is 437 g/mol. The third-order valence-corrected chi connectivity index (χ3v) is 6.83. The van der Waals surface area contributed by atoms with Gasteiger partial charge in [0.2, 0.25) is 5.95 Å². The van der Waals surface area contributed by atoms with Gasteiger partial charge in [-0.3, -0.25) is 9.69 Å². The second kappa shape index (κ2) is 10.4. The molecule has 32 heavy (non-hydrogen) atoms. The molecule has 1 fully saturated rings. The fourth-order valence-corrected chi connectivity index (χ4v) is 4.48. The van der Waals surface area contributed by atoms with Crippen molar-refractivity contribution in [3.63, 3.8) is 0 Å². The summed E-state index contributed by atoms with van der Waals surface area (Å²) in [6.07, 6.45) is 9.57. The third kappa shape index (κ3) is 5.45. The SMILES string of the molecule is CO[C@@H](C)CN(C)c1ncc(C(=O)NCc2ccc3c(c2)CCN(C2CCC2)CC3)cn1. The van der Waals surface area contributed by atoms with E-state index in [-0.39, 0.29) is 12.0 Å². The highest BCUT2D eigenvalue weighted by atomic mass is 16.5. The number of nitrogens with one attached hydrogen (secondary N) is 1. The summed E-state index contributed by atoms with van der Waals surface area (Å²) in [7, 11) is 3.59. The molecule has 0 saturated heterocycles. The zero-order valence-electron chi connectivity index (χ0n) is 19.5. The Bertz CT molecular complexity index is 913. The predicted octanol–water partition coefficient (Wildman–Crippen LogP) is 2.83. The maximum atomic E-state index is 12.6. The van der Waals surface area contributed by atoms with Crippen molar-refractivity contribution < 1.29 is 9.53 Å². The number of anilines is 1. The van der Waals surface area contributed by atoms with E-state index in [2.05, 4.69) is 38.4 Å². The summed E-state index contributed by atoms with van der Waals surface area (Å²) in [5.74, 6) is 0.419. The number of hydrogen-bond acceptors (Lipinski definition) is 6. The van der Waals surface area contributed by atoms with Crippen molar-refractivity contribution in [3.05, 3.63) is 52.8 Å². The molecule has 1 aliphatic heterocycles. The quantitative estimate of drug-likeness (QED) is 0.685. The van der Waals surface area contributed by atoms with Crippen molar-refractivity contribution in [2.45, 2.75) is 57.7 Å². The van der Waals surface area contributed by atoms with Gasteiger partial charge in [-0.15, -0.1) is 0 Å². The molecule has 1 saturated carbocycles. The van der Waals surface area contributed by atoms with E-state index in [4.69, 9.17) is 4.74 Å². The first kappa shape index (κ1) is 22.7. The highest BCUT2D eigenvalue weighted by molar-refractivity contribution is 5.93. The van der Waals surface area contributed by atoms with E-state index < -0.39 is 0 Å². The van der Waals surface area contributed by atoms with Crippen molar-refractivity contribution in [2.75, 3.05) is 38.7 Å². The summed E-state index contributed by atoms with van der Waals surface area (Å²) >= 11 is 0. The third-order valence-electron chi connectivity index (χ3n) is 6.83. The van der Waals surface area contributed by atoms with Crippen LogP contribution in [0.1, 0.15) is 53.2 Å². The van der Waals surface area contributed by atoms with Gasteiger partial charge < -0.3 is 15.0 Å². The Labute approximate surface area is 191 Å². The highest BCUT2D eigenvalue weighted by Crippen LogP contribution is 2.27. The molecule has 7 heteroatoms. The molecule has 0 radical (unpaired) electrons. The average molecular weight is 438 g/mol. The van der Waals surface area contributed by atoms with Gasteiger partial charge in [-0.1, -0.05) is 24.6 Å². The van der Waals surface area contributed by atoms with Crippen LogP contribution in [-0.2, 0) is 24.1 Å². The maximum Gasteiger partial charge on any atom is 0.254 e. The van der Waals surface area contributed by atoms with Crippen LogP contribution in [0.5, 0.6) is 0 Å². The zero-order chi connectivity index (χ0) is 22.5. The van der Waals surface area contributed by atoms with Crippen LogP contribution < -0.4 is 10.2 Å². The molecule has 0 spiro atoms. The number of hydrogen-bond donors (Lipinski definition) is 1. The number of benzene rings is 1. The van der Waals surface area contributed by atoms with Crippen LogP contribution in [0.3, 0.4) is 0 Å². The summed E-state index contributed by atoms with van der Waals surface area (Å²) < 4.78 is 5.28. The summed E-state index contributed by atoms with van der Waals surface area (Å²) in [5.41, 5.74) is 4.49. The normalized spacial score (nSPS) is 17.7. The lowest BCUT2D eigenvalue weighted by Crippen LogP contribution is -2.41. The number of carbonyl (C=O) groups is 1. The number of amides is 1. The average Bonchev–Trinajstić information content (AvgIpc) is 2.98. The van der Waals surface area contributed by atoms with E-state index in [1.54, 1.807) is 19.5 Å². The molecule has 172 valence electrons. The largest absolute Gasteiger partial charge is 0.380 e. The number of ether oxygens (including phenoxy) is 1. The molecular formula is C25H35N5O2. The first-order valence-corrected chi connectivity index (χ1v) is 11.7. The number of likely N-dealkylation sites (N-methyl/N-ethyl adjacent to an activating group) is 1. The molecule has 1 aliphatic carbocycles. The van der Waals surface area contributed by atoms with Gasteiger partial charge in [0.25, 0.3) is 5.91 Å². The molecule has 1 atom stereocenters. The Morgan fingerprint density at radius 1 is 1.22 bits per heavy atom. The van der Waals surface area contributed by atoms with Gasteiger partial charge in [0.15, 0.2) is 0 Å². The Morgan fingerprint density at radius 2 is 1.94 bits per heavy atom. The van der Waals surface area contributed by atoms with Gasteiger partial charge in [0.05, 0.1) is 11.7 Å². The summed E-state index contributed by atoms with van der Waals surface area (Å²) in [6, 6.07) is 7.46. The maximum absolute atomic E-state index is 12.6. The summed E-state index contributed by atoms with van der Waals surface area (Å²) in [4.78, 5) is 25.8. The van der Waals surface area contributed by atoms with E-state index in [0.29, 0.717) is 24.6 Å². The Kier molecular flexibility index (Phi) is 7.37. The van der Waals surface area contributed by atoms with Crippen LogP contribution >= 0.6 is 0 Å². The Balaban J connectivity index is 1.31.